The average molecular weight is 478 g/mol. The Balaban J connectivity index is 2.03. The van der Waals surface area contributed by atoms with E-state index in [1.54, 1.807) is 6.92 Å². The molecule has 1 aliphatic rings. The van der Waals surface area contributed by atoms with E-state index in [9.17, 15) is 9.59 Å². The van der Waals surface area contributed by atoms with Gasteiger partial charge < -0.3 is 15.9 Å². The number of unbranched alkanes of at least 4 members (excludes halogenated alkanes) is 2. The summed E-state index contributed by atoms with van der Waals surface area (Å²) in [5, 5.41) is 7.64. The third-order valence-corrected chi connectivity index (χ3v) is 6.79. The molecule has 2 aromatic rings. The highest BCUT2D eigenvalue weighted by Crippen LogP contribution is 2.49. The molecule has 0 fully saturated rings. The highest BCUT2D eigenvalue weighted by molar-refractivity contribution is 6.45. The molecule has 0 saturated carbocycles. The van der Waals surface area contributed by atoms with Crippen LogP contribution in [0, 0.1) is 0 Å². The number of nitrogens with one attached hydrogen (secondary N) is 1. The van der Waals surface area contributed by atoms with E-state index >= 15 is 0 Å². The summed E-state index contributed by atoms with van der Waals surface area (Å²) in [5.41, 5.74) is 11.4. The molecule has 3 rings (SSSR count). The van der Waals surface area contributed by atoms with Crippen molar-refractivity contribution in [1.29, 1.82) is 0 Å². The highest BCUT2D eigenvalue weighted by atomic mass is 16.7. The lowest BCUT2D eigenvalue weighted by atomic mass is 9.78. The number of hydrogen-bond donors (Lipinski definition) is 2. The molecular weight excluding hydrogens is 438 g/mol. The number of carbonyl (C=O) groups excluding carboxylic acids is 2. The van der Waals surface area contributed by atoms with Gasteiger partial charge in [0.1, 0.15) is 5.71 Å². The summed E-state index contributed by atoms with van der Waals surface area (Å²) in [6.45, 7) is 8.72. The lowest BCUT2D eigenvalue weighted by Crippen LogP contribution is -2.55. The first-order valence-corrected chi connectivity index (χ1v) is 12.9. The quantitative estimate of drug-likeness (QED) is 0.127. The number of hydrogen-bond acceptors (Lipinski definition) is 6. The predicted molar refractivity (Wildman–Crippen MR) is 142 cm³/mol. The zero-order chi connectivity index (χ0) is 25.4. The Morgan fingerprint density at radius 3 is 2.43 bits per heavy atom. The summed E-state index contributed by atoms with van der Waals surface area (Å²) in [4.78, 5) is 30.0. The average Bonchev–Trinajstić information content (AvgIpc) is 3.16. The third kappa shape index (κ3) is 5.54. The van der Waals surface area contributed by atoms with Crippen LogP contribution in [0.15, 0.2) is 47.6 Å². The molecule has 0 radical (unpaired) electrons. The lowest BCUT2D eigenvalue weighted by molar-refractivity contribution is -0.143. The van der Waals surface area contributed by atoms with Gasteiger partial charge in [0.15, 0.2) is 0 Å². The molecular formula is C29H39N3O3. The van der Waals surface area contributed by atoms with Crippen LogP contribution in [0.25, 0.3) is 11.1 Å². The molecule has 3 N–H and O–H groups in total. The van der Waals surface area contributed by atoms with Gasteiger partial charge in [-0.2, -0.15) is 0 Å². The molecule has 188 valence electrons. The van der Waals surface area contributed by atoms with Crippen molar-refractivity contribution in [3.63, 3.8) is 0 Å². The van der Waals surface area contributed by atoms with Gasteiger partial charge in [-0.05, 0) is 61.1 Å². The second-order valence-corrected chi connectivity index (χ2v) is 9.36. The van der Waals surface area contributed by atoms with Crippen molar-refractivity contribution in [1.82, 2.24) is 5.32 Å². The second-order valence-electron chi connectivity index (χ2n) is 9.36. The van der Waals surface area contributed by atoms with Crippen LogP contribution in [0.4, 0.5) is 0 Å². The molecule has 0 aromatic heterocycles. The van der Waals surface area contributed by atoms with Crippen LogP contribution in [-0.2, 0) is 15.2 Å². The van der Waals surface area contributed by atoms with Crippen molar-refractivity contribution >= 4 is 17.5 Å². The monoisotopic (exact) mass is 477 g/mol. The van der Waals surface area contributed by atoms with Crippen molar-refractivity contribution in [2.24, 2.45) is 10.9 Å². The van der Waals surface area contributed by atoms with Crippen molar-refractivity contribution in [2.45, 2.75) is 84.2 Å². The predicted octanol–water partition coefficient (Wildman–Crippen LogP) is 5.72. The number of Topliss-reactive ketones (excluding diaryl/α,β-unsaturated/α-hetero) is 1. The Hall–Kier alpha value is -2.83. The van der Waals surface area contributed by atoms with Crippen molar-refractivity contribution in [3.8, 4) is 11.1 Å². The Morgan fingerprint density at radius 1 is 1.00 bits per heavy atom. The molecule has 2 aromatic carbocycles. The van der Waals surface area contributed by atoms with E-state index in [2.05, 4.69) is 42.5 Å². The molecule has 0 saturated heterocycles. The van der Waals surface area contributed by atoms with Crippen LogP contribution in [0.2, 0.25) is 0 Å². The number of oxime groups is 1. The van der Waals surface area contributed by atoms with Gasteiger partial charge >= 0.3 is 5.97 Å². The SMILES string of the molecule is CCCCNC1(C(N)CCC)c2ccccc2-c2ccc(C(=O)/C(C)=N\OC(=O)CCCC)cc21. The minimum atomic E-state index is -0.578. The molecule has 0 spiro atoms. The van der Waals surface area contributed by atoms with Gasteiger partial charge in [-0.3, -0.25) is 4.79 Å². The molecule has 1 aliphatic carbocycles. The maximum absolute atomic E-state index is 13.2. The summed E-state index contributed by atoms with van der Waals surface area (Å²) in [5.74, 6) is -0.688. The van der Waals surface area contributed by atoms with E-state index < -0.39 is 11.5 Å². The zero-order valence-corrected chi connectivity index (χ0v) is 21.5. The van der Waals surface area contributed by atoms with Gasteiger partial charge in [0, 0.05) is 18.0 Å². The molecule has 6 heteroatoms. The number of nitrogens with zero attached hydrogens (tertiary/aromatic N) is 1. The normalized spacial score (nSPS) is 17.6. The summed E-state index contributed by atoms with van der Waals surface area (Å²) >= 11 is 0. The summed E-state index contributed by atoms with van der Waals surface area (Å²) in [6.07, 6.45) is 5.83. The van der Waals surface area contributed by atoms with E-state index in [4.69, 9.17) is 10.6 Å². The fraction of sp³-hybridized carbons (Fsp3) is 0.483. The molecule has 2 unspecified atom stereocenters. The molecule has 6 nitrogen and oxygen atoms in total. The maximum atomic E-state index is 13.2. The summed E-state index contributed by atoms with van der Waals surface area (Å²) in [6, 6.07) is 14.0. The third-order valence-electron chi connectivity index (χ3n) is 6.79. The van der Waals surface area contributed by atoms with E-state index in [1.165, 1.54) is 0 Å². The highest BCUT2D eigenvalue weighted by Gasteiger charge is 2.47. The molecule has 35 heavy (non-hydrogen) atoms. The van der Waals surface area contributed by atoms with Crippen LogP contribution in [-0.4, -0.2) is 30.1 Å². The van der Waals surface area contributed by atoms with E-state index in [-0.39, 0.29) is 17.5 Å². The van der Waals surface area contributed by atoms with Crippen LogP contribution < -0.4 is 11.1 Å². The molecule has 2 atom stereocenters. The van der Waals surface area contributed by atoms with Crippen molar-refractivity contribution < 1.29 is 14.4 Å². The van der Waals surface area contributed by atoms with Crippen LogP contribution in [0.3, 0.4) is 0 Å². The van der Waals surface area contributed by atoms with E-state index in [1.807, 2.05) is 31.2 Å². The van der Waals surface area contributed by atoms with Crippen LogP contribution in [0.5, 0.6) is 0 Å². The Morgan fingerprint density at radius 2 is 1.71 bits per heavy atom. The standard InChI is InChI=1S/C29H39N3O3/c1-5-8-15-27(33)35-32-20(4)28(34)21-16-17-23-22-13-10-11-14-24(22)29(25(23)19-21,26(30)12-7-3)31-18-9-6-2/h10-11,13-14,16-17,19,26,31H,5-9,12,15,18,30H2,1-4H3/b32-20-. The van der Waals surface area contributed by atoms with Gasteiger partial charge in [-0.25, -0.2) is 4.79 Å². The first-order chi connectivity index (χ1) is 16.9. The lowest BCUT2D eigenvalue weighted by Gasteiger charge is -2.39. The number of fused-ring (bicyclic) bond motifs is 3. The minimum absolute atomic E-state index is 0.146. The smallest absolute Gasteiger partial charge is 0.326 e. The zero-order valence-electron chi connectivity index (χ0n) is 21.5. The Kier molecular flexibility index (Phi) is 9.35. The Labute approximate surface area is 209 Å². The van der Waals surface area contributed by atoms with Gasteiger partial charge in [0.05, 0.1) is 5.54 Å². The summed E-state index contributed by atoms with van der Waals surface area (Å²) in [7, 11) is 0. The largest absolute Gasteiger partial charge is 0.335 e. The first-order valence-electron chi connectivity index (χ1n) is 12.9. The van der Waals surface area contributed by atoms with Crippen LogP contribution >= 0.6 is 0 Å². The number of benzene rings is 2. The van der Waals surface area contributed by atoms with Crippen molar-refractivity contribution in [3.05, 3.63) is 59.2 Å². The summed E-state index contributed by atoms with van der Waals surface area (Å²) < 4.78 is 0. The minimum Gasteiger partial charge on any atom is -0.326 e. The van der Waals surface area contributed by atoms with E-state index in [0.717, 1.165) is 67.3 Å². The fourth-order valence-corrected chi connectivity index (χ4v) is 4.90. The second kappa shape index (κ2) is 12.2. The molecule has 0 amide bonds. The van der Waals surface area contributed by atoms with Gasteiger partial charge in [0.25, 0.3) is 0 Å². The van der Waals surface area contributed by atoms with Crippen molar-refractivity contribution in [2.75, 3.05) is 6.54 Å². The maximum Gasteiger partial charge on any atom is 0.335 e. The van der Waals surface area contributed by atoms with Gasteiger partial charge in [-0.15, -0.1) is 0 Å². The molecule has 0 heterocycles. The number of rotatable bonds is 13. The van der Waals surface area contributed by atoms with E-state index in [0.29, 0.717) is 12.0 Å². The number of nitrogens with two attached hydrogens (primary N) is 1. The topological polar surface area (TPSA) is 93.8 Å². The number of ketones is 1. The first kappa shape index (κ1) is 26.8. The molecule has 0 aliphatic heterocycles. The number of carbonyl (C=O) groups is 2. The Bertz CT molecular complexity index is 1080. The van der Waals surface area contributed by atoms with Crippen LogP contribution in [0.1, 0.15) is 94.1 Å². The van der Waals surface area contributed by atoms with Gasteiger partial charge in [0.2, 0.25) is 5.78 Å². The fourth-order valence-electron chi connectivity index (χ4n) is 4.90. The van der Waals surface area contributed by atoms with Gasteiger partial charge in [-0.1, -0.05) is 81.6 Å². The molecule has 0 bridgehead atoms.